The molecule has 2 amide bonds. The van der Waals surface area contributed by atoms with Crippen molar-refractivity contribution in [2.75, 3.05) is 7.11 Å². The summed E-state index contributed by atoms with van der Waals surface area (Å²) in [5.41, 5.74) is 2.98. The third-order valence-corrected chi connectivity index (χ3v) is 5.15. The first-order valence-electron chi connectivity index (χ1n) is 8.00. The number of ether oxygens (including phenoxy) is 1. The Balaban J connectivity index is 1.76. The van der Waals surface area contributed by atoms with Gasteiger partial charge in [-0.25, -0.2) is 0 Å². The van der Waals surface area contributed by atoms with E-state index in [-0.39, 0.29) is 32.0 Å². The first kappa shape index (κ1) is 20.3. The molecule has 1 fully saturated rings. The van der Waals surface area contributed by atoms with Crippen LogP contribution in [0.25, 0.3) is 6.08 Å². The molecule has 1 saturated heterocycles. The standard InChI is InChI=1S/C18H13N3O6S2/c1-27-14-8-10(2-7-13(14)22)9-15-17(24)20(18(28)29-15)19-16(23)11-3-5-12(6-4-11)21(25)26/h2-9,22H,1H3,(H,19,23). The molecule has 11 heteroatoms. The van der Waals surface area contributed by atoms with Crippen LogP contribution in [0, 0.1) is 10.1 Å². The molecule has 29 heavy (non-hydrogen) atoms. The molecule has 9 nitrogen and oxygen atoms in total. The number of nitro benzene ring substituents is 1. The summed E-state index contributed by atoms with van der Waals surface area (Å²) in [6, 6.07) is 9.53. The highest BCUT2D eigenvalue weighted by Crippen LogP contribution is 2.33. The van der Waals surface area contributed by atoms with Crippen molar-refractivity contribution in [1.29, 1.82) is 0 Å². The number of phenols is 1. The minimum absolute atomic E-state index is 0.0347. The number of nitrogens with one attached hydrogen (secondary N) is 1. The fourth-order valence-corrected chi connectivity index (χ4v) is 3.58. The Morgan fingerprint density at radius 2 is 2.00 bits per heavy atom. The van der Waals surface area contributed by atoms with Crippen molar-refractivity contribution in [2.45, 2.75) is 0 Å². The van der Waals surface area contributed by atoms with Crippen molar-refractivity contribution in [3.63, 3.8) is 0 Å². The average Bonchev–Trinajstić information content (AvgIpc) is 2.96. The van der Waals surface area contributed by atoms with E-state index in [1.165, 1.54) is 37.4 Å². The number of carbonyl (C=O) groups excluding carboxylic acids is 2. The van der Waals surface area contributed by atoms with Gasteiger partial charge in [-0.2, -0.15) is 5.01 Å². The number of hydrazine groups is 1. The Morgan fingerprint density at radius 1 is 1.31 bits per heavy atom. The number of phenolic OH excluding ortho intramolecular Hbond substituents is 1. The number of nitrogens with zero attached hydrogens (tertiary/aromatic N) is 2. The molecule has 0 aromatic heterocycles. The van der Waals surface area contributed by atoms with E-state index < -0.39 is 16.7 Å². The van der Waals surface area contributed by atoms with Gasteiger partial charge < -0.3 is 9.84 Å². The maximum atomic E-state index is 12.6. The number of rotatable bonds is 5. The number of thiocarbonyl (C=S) groups is 1. The number of benzene rings is 2. The quantitative estimate of drug-likeness (QED) is 0.321. The van der Waals surface area contributed by atoms with Gasteiger partial charge in [-0.3, -0.25) is 25.1 Å². The van der Waals surface area contributed by atoms with Gasteiger partial charge in [-0.05, 0) is 48.1 Å². The van der Waals surface area contributed by atoms with Gasteiger partial charge >= 0.3 is 0 Å². The van der Waals surface area contributed by atoms with Gasteiger partial charge in [0.05, 0.1) is 16.9 Å². The second kappa shape index (κ2) is 8.29. The molecular formula is C18H13N3O6S2. The van der Waals surface area contributed by atoms with E-state index in [2.05, 4.69) is 5.43 Å². The summed E-state index contributed by atoms with van der Waals surface area (Å²) in [7, 11) is 1.41. The molecule has 0 atom stereocenters. The molecule has 0 unspecified atom stereocenters. The maximum absolute atomic E-state index is 12.6. The van der Waals surface area contributed by atoms with E-state index in [1.54, 1.807) is 18.2 Å². The van der Waals surface area contributed by atoms with Gasteiger partial charge in [-0.15, -0.1) is 0 Å². The number of thioether (sulfide) groups is 1. The Bertz CT molecular complexity index is 1050. The molecule has 0 radical (unpaired) electrons. The molecule has 2 N–H and O–H groups in total. The zero-order valence-corrected chi connectivity index (χ0v) is 16.5. The number of methoxy groups -OCH3 is 1. The summed E-state index contributed by atoms with van der Waals surface area (Å²) >= 11 is 6.16. The number of aromatic hydroxyl groups is 1. The van der Waals surface area contributed by atoms with Crippen LogP contribution < -0.4 is 10.2 Å². The average molecular weight is 431 g/mol. The van der Waals surface area contributed by atoms with Crippen molar-refractivity contribution in [2.24, 2.45) is 0 Å². The van der Waals surface area contributed by atoms with Crippen molar-refractivity contribution >= 4 is 51.9 Å². The van der Waals surface area contributed by atoms with Gasteiger partial charge in [0.1, 0.15) is 0 Å². The van der Waals surface area contributed by atoms with E-state index in [0.29, 0.717) is 5.56 Å². The Kier molecular flexibility index (Phi) is 5.80. The maximum Gasteiger partial charge on any atom is 0.285 e. The van der Waals surface area contributed by atoms with Crippen molar-refractivity contribution in [3.05, 3.63) is 68.6 Å². The molecule has 1 aliphatic rings. The second-order valence-corrected chi connectivity index (χ2v) is 7.37. The van der Waals surface area contributed by atoms with Crippen LogP contribution in [-0.4, -0.2) is 38.3 Å². The number of hydrogen-bond acceptors (Lipinski definition) is 8. The third-order valence-electron chi connectivity index (χ3n) is 3.85. The molecule has 0 spiro atoms. The normalized spacial score (nSPS) is 14.9. The fraction of sp³-hybridized carbons (Fsp3) is 0.0556. The highest BCUT2D eigenvalue weighted by molar-refractivity contribution is 8.26. The topological polar surface area (TPSA) is 122 Å². The second-order valence-electron chi connectivity index (χ2n) is 5.69. The summed E-state index contributed by atoms with van der Waals surface area (Å²) < 4.78 is 5.16. The van der Waals surface area contributed by atoms with Gasteiger partial charge in [0.25, 0.3) is 17.5 Å². The van der Waals surface area contributed by atoms with E-state index in [4.69, 9.17) is 17.0 Å². The van der Waals surface area contributed by atoms with E-state index in [1.807, 2.05) is 0 Å². The Morgan fingerprint density at radius 3 is 2.62 bits per heavy atom. The lowest BCUT2D eigenvalue weighted by molar-refractivity contribution is -0.384. The smallest absolute Gasteiger partial charge is 0.285 e. The zero-order chi connectivity index (χ0) is 21.1. The third kappa shape index (κ3) is 4.36. The molecule has 2 aromatic rings. The highest BCUT2D eigenvalue weighted by Gasteiger charge is 2.33. The minimum Gasteiger partial charge on any atom is -0.504 e. The van der Waals surface area contributed by atoms with E-state index >= 15 is 0 Å². The molecule has 1 aliphatic heterocycles. The van der Waals surface area contributed by atoms with Crippen LogP contribution in [0.4, 0.5) is 5.69 Å². The summed E-state index contributed by atoms with van der Waals surface area (Å²) in [4.78, 5) is 35.4. The van der Waals surface area contributed by atoms with Crippen LogP contribution in [0.15, 0.2) is 47.4 Å². The molecule has 148 valence electrons. The summed E-state index contributed by atoms with van der Waals surface area (Å²) in [6.45, 7) is 0. The molecule has 0 saturated carbocycles. The summed E-state index contributed by atoms with van der Waals surface area (Å²) in [5, 5.41) is 21.3. The SMILES string of the molecule is COc1cc(C=C2SC(=S)N(NC(=O)c3ccc([N+](=O)[O-])cc3)C2=O)ccc1O. The number of carbonyl (C=O) groups is 2. The molecule has 0 aliphatic carbocycles. The Labute approximate surface area is 174 Å². The minimum atomic E-state index is -0.635. The summed E-state index contributed by atoms with van der Waals surface area (Å²) in [5.74, 6) is -0.945. The predicted molar refractivity (Wildman–Crippen MR) is 110 cm³/mol. The monoisotopic (exact) mass is 431 g/mol. The molecule has 2 aromatic carbocycles. The number of amides is 2. The van der Waals surface area contributed by atoms with Crippen LogP contribution in [0.3, 0.4) is 0 Å². The van der Waals surface area contributed by atoms with Crippen LogP contribution in [0.5, 0.6) is 11.5 Å². The molecule has 0 bridgehead atoms. The first-order valence-corrected chi connectivity index (χ1v) is 9.23. The summed E-state index contributed by atoms with van der Waals surface area (Å²) in [6.07, 6.45) is 1.55. The number of nitro groups is 1. The number of non-ortho nitro benzene ring substituents is 1. The van der Waals surface area contributed by atoms with Crippen molar-refractivity contribution < 1.29 is 24.4 Å². The zero-order valence-electron chi connectivity index (χ0n) is 14.8. The van der Waals surface area contributed by atoms with Gasteiger partial charge in [0, 0.05) is 17.7 Å². The lowest BCUT2D eigenvalue weighted by Gasteiger charge is -2.15. The lowest BCUT2D eigenvalue weighted by Crippen LogP contribution is -2.44. The fourth-order valence-electron chi connectivity index (χ4n) is 2.40. The van der Waals surface area contributed by atoms with E-state index in [0.717, 1.165) is 16.8 Å². The highest BCUT2D eigenvalue weighted by atomic mass is 32.2. The van der Waals surface area contributed by atoms with Gasteiger partial charge in [0.15, 0.2) is 15.8 Å². The van der Waals surface area contributed by atoms with Gasteiger partial charge in [0.2, 0.25) is 0 Å². The van der Waals surface area contributed by atoms with Crippen LogP contribution in [0.2, 0.25) is 0 Å². The predicted octanol–water partition coefficient (Wildman–Crippen LogP) is 2.86. The molecule has 3 rings (SSSR count). The van der Waals surface area contributed by atoms with Crippen molar-refractivity contribution in [3.8, 4) is 11.5 Å². The van der Waals surface area contributed by atoms with Crippen LogP contribution in [-0.2, 0) is 4.79 Å². The molecular weight excluding hydrogens is 418 g/mol. The van der Waals surface area contributed by atoms with Crippen LogP contribution in [0.1, 0.15) is 15.9 Å². The largest absolute Gasteiger partial charge is 0.504 e. The van der Waals surface area contributed by atoms with Crippen LogP contribution >= 0.6 is 24.0 Å². The molecule has 1 heterocycles. The lowest BCUT2D eigenvalue weighted by atomic mass is 10.2. The first-order chi connectivity index (χ1) is 13.8. The van der Waals surface area contributed by atoms with Gasteiger partial charge in [-0.1, -0.05) is 17.8 Å². The van der Waals surface area contributed by atoms with Crippen molar-refractivity contribution in [1.82, 2.24) is 10.4 Å². The Hall–Kier alpha value is -3.44. The number of hydrogen-bond donors (Lipinski definition) is 2. The van der Waals surface area contributed by atoms with E-state index in [9.17, 15) is 24.8 Å².